The minimum absolute atomic E-state index is 0.0989. The number of aromatic nitrogens is 4. The van der Waals surface area contributed by atoms with Crippen molar-refractivity contribution in [1.29, 1.82) is 0 Å². The number of terminal acetylenes is 1. The van der Waals surface area contributed by atoms with E-state index in [2.05, 4.69) is 31.2 Å². The Labute approximate surface area is 170 Å². The van der Waals surface area contributed by atoms with Crippen molar-refractivity contribution in [3.63, 3.8) is 0 Å². The Kier molecular flexibility index (Phi) is 5.45. The highest BCUT2D eigenvalue weighted by atomic mass is 32.1. The number of rotatable bonds is 7. The molecule has 1 aromatic carbocycles. The first-order valence-corrected chi connectivity index (χ1v) is 9.39. The summed E-state index contributed by atoms with van der Waals surface area (Å²) in [6.07, 6.45) is 8.87. The molecular weight excluding hydrogens is 390 g/mol. The van der Waals surface area contributed by atoms with E-state index in [1.54, 1.807) is 35.9 Å². The summed E-state index contributed by atoms with van der Waals surface area (Å²) < 4.78 is 12.6. The maximum atomic E-state index is 6.18. The lowest BCUT2D eigenvalue weighted by molar-refractivity contribution is 0.181. The van der Waals surface area contributed by atoms with Gasteiger partial charge in [-0.3, -0.25) is 4.98 Å². The molecule has 0 saturated heterocycles. The van der Waals surface area contributed by atoms with E-state index in [-0.39, 0.29) is 12.5 Å². The topological polar surface area (TPSA) is 95.5 Å². The fraction of sp³-hybridized carbons (Fsp3) is 0.150. The highest BCUT2D eigenvalue weighted by Crippen LogP contribution is 2.30. The number of benzene rings is 1. The molecule has 4 aromatic rings. The van der Waals surface area contributed by atoms with Gasteiger partial charge in [-0.05, 0) is 42.8 Å². The standard InChI is InChI=1S/C20H15N5O3S/c1-3-8-27-23-11-14-6-7-21-17(9-14)19(20-25-22-12-26-20)28-15-4-5-16-18(10-15)29-13(2)24-16/h1,4-7,9-12,19H,8H2,2H3/b23-11+. The normalized spacial score (nSPS) is 12.1. The molecule has 0 aliphatic heterocycles. The molecule has 0 radical (unpaired) electrons. The van der Waals surface area contributed by atoms with Gasteiger partial charge in [-0.15, -0.1) is 28.0 Å². The van der Waals surface area contributed by atoms with Crippen LogP contribution in [-0.4, -0.2) is 33.0 Å². The summed E-state index contributed by atoms with van der Waals surface area (Å²) in [6.45, 7) is 2.07. The zero-order valence-electron chi connectivity index (χ0n) is 15.3. The van der Waals surface area contributed by atoms with Crippen LogP contribution in [0.4, 0.5) is 0 Å². The number of nitrogens with zero attached hydrogens (tertiary/aromatic N) is 5. The molecule has 1 atom stereocenters. The van der Waals surface area contributed by atoms with Crippen LogP contribution in [-0.2, 0) is 4.84 Å². The van der Waals surface area contributed by atoms with Crippen LogP contribution in [0.2, 0.25) is 0 Å². The van der Waals surface area contributed by atoms with Crippen molar-refractivity contribution in [1.82, 2.24) is 20.2 Å². The summed E-state index contributed by atoms with van der Waals surface area (Å²) in [6, 6.07) is 9.28. The van der Waals surface area contributed by atoms with Crippen LogP contribution in [0.15, 0.2) is 52.5 Å². The largest absolute Gasteiger partial charge is 0.474 e. The first-order valence-electron chi connectivity index (χ1n) is 8.57. The molecular formula is C20H15N5O3S. The summed E-state index contributed by atoms with van der Waals surface area (Å²) >= 11 is 1.60. The fourth-order valence-electron chi connectivity index (χ4n) is 2.62. The Bertz CT molecular complexity index is 1180. The van der Waals surface area contributed by atoms with Crippen molar-refractivity contribution in [2.75, 3.05) is 6.61 Å². The van der Waals surface area contributed by atoms with E-state index in [9.17, 15) is 0 Å². The number of pyridine rings is 1. The van der Waals surface area contributed by atoms with Gasteiger partial charge in [-0.1, -0.05) is 11.1 Å². The zero-order chi connectivity index (χ0) is 20.1. The Balaban J connectivity index is 1.64. The van der Waals surface area contributed by atoms with Gasteiger partial charge in [0.05, 0.1) is 27.1 Å². The second-order valence-electron chi connectivity index (χ2n) is 5.86. The van der Waals surface area contributed by atoms with Gasteiger partial charge in [-0.2, -0.15) is 0 Å². The third-order valence-corrected chi connectivity index (χ3v) is 4.75. The summed E-state index contributed by atoms with van der Waals surface area (Å²) in [7, 11) is 0. The van der Waals surface area contributed by atoms with Crippen LogP contribution in [0.1, 0.15) is 28.3 Å². The van der Waals surface area contributed by atoms with E-state index < -0.39 is 6.10 Å². The third-order valence-electron chi connectivity index (χ3n) is 3.82. The molecule has 1 unspecified atom stereocenters. The third kappa shape index (κ3) is 4.39. The first-order chi connectivity index (χ1) is 14.2. The summed E-state index contributed by atoms with van der Waals surface area (Å²) in [5, 5.41) is 12.6. The minimum atomic E-state index is -0.691. The molecule has 0 bridgehead atoms. The van der Waals surface area contributed by atoms with Gasteiger partial charge in [0.15, 0.2) is 6.61 Å². The second-order valence-corrected chi connectivity index (χ2v) is 7.10. The van der Waals surface area contributed by atoms with Gasteiger partial charge >= 0.3 is 0 Å². The number of ether oxygens (including phenoxy) is 1. The maximum absolute atomic E-state index is 6.18. The van der Waals surface area contributed by atoms with Crippen molar-refractivity contribution in [2.24, 2.45) is 5.16 Å². The van der Waals surface area contributed by atoms with E-state index in [0.717, 1.165) is 20.8 Å². The molecule has 0 fully saturated rings. The minimum Gasteiger partial charge on any atom is -0.474 e. The number of oxime groups is 1. The molecule has 0 aliphatic rings. The summed E-state index contributed by atoms with van der Waals surface area (Å²) in [4.78, 5) is 13.8. The first kappa shape index (κ1) is 18.6. The highest BCUT2D eigenvalue weighted by molar-refractivity contribution is 7.18. The Morgan fingerprint density at radius 1 is 1.34 bits per heavy atom. The predicted octanol–water partition coefficient (Wildman–Crippen LogP) is 3.53. The van der Waals surface area contributed by atoms with Gasteiger partial charge in [0.1, 0.15) is 5.75 Å². The van der Waals surface area contributed by atoms with E-state index in [1.165, 1.54) is 6.39 Å². The SMILES string of the molecule is C#CCO/N=C/c1ccnc(C(Oc2ccc3nc(C)sc3c2)c2nnco2)c1. The van der Waals surface area contributed by atoms with Gasteiger partial charge in [-0.25, -0.2) is 4.98 Å². The molecule has 0 N–H and O–H groups in total. The average Bonchev–Trinajstić information content (AvgIpc) is 3.38. The number of aryl methyl sites for hydroxylation is 1. The number of hydrogen-bond acceptors (Lipinski definition) is 9. The fourth-order valence-corrected chi connectivity index (χ4v) is 3.48. The monoisotopic (exact) mass is 405 g/mol. The molecule has 3 aromatic heterocycles. The molecule has 4 rings (SSSR count). The summed E-state index contributed by atoms with van der Waals surface area (Å²) in [5.74, 6) is 3.27. The molecule has 8 nitrogen and oxygen atoms in total. The van der Waals surface area contributed by atoms with Gasteiger partial charge in [0, 0.05) is 6.20 Å². The van der Waals surface area contributed by atoms with Gasteiger partial charge in [0.25, 0.3) is 5.89 Å². The second kappa shape index (κ2) is 8.50. The molecule has 0 aliphatic carbocycles. The Morgan fingerprint density at radius 3 is 3.10 bits per heavy atom. The van der Waals surface area contributed by atoms with Crippen LogP contribution in [0, 0.1) is 19.3 Å². The lowest BCUT2D eigenvalue weighted by Gasteiger charge is -2.15. The van der Waals surface area contributed by atoms with Crippen molar-refractivity contribution >= 4 is 27.8 Å². The van der Waals surface area contributed by atoms with E-state index in [0.29, 0.717) is 11.4 Å². The molecule has 0 saturated carbocycles. The lowest BCUT2D eigenvalue weighted by atomic mass is 10.1. The number of fused-ring (bicyclic) bond motifs is 1. The highest BCUT2D eigenvalue weighted by Gasteiger charge is 2.23. The van der Waals surface area contributed by atoms with Crippen LogP contribution < -0.4 is 4.74 Å². The van der Waals surface area contributed by atoms with Crippen molar-refractivity contribution < 1.29 is 14.0 Å². The molecule has 9 heteroatoms. The molecule has 29 heavy (non-hydrogen) atoms. The quantitative estimate of drug-likeness (QED) is 0.201. The van der Waals surface area contributed by atoms with E-state index >= 15 is 0 Å². The van der Waals surface area contributed by atoms with E-state index in [1.807, 2.05) is 25.1 Å². The van der Waals surface area contributed by atoms with Gasteiger partial charge in [0.2, 0.25) is 12.5 Å². The maximum Gasteiger partial charge on any atom is 0.263 e. The van der Waals surface area contributed by atoms with Crippen LogP contribution in [0.3, 0.4) is 0 Å². The average molecular weight is 405 g/mol. The van der Waals surface area contributed by atoms with Gasteiger partial charge < -0.3 is 14.0 Å². The molecule has 0 spiro atoms. The van der Waals surface area contributed by atoms with Crippen molar-refractivity contribution in [3.05, 3.63) is 65.1 Å². The Morgan fingerprint density at radius 2 is 2.28 bits per heavy atom. The van der Waals surface area contributed by atoms with Crippen LogP contribution in [0.25, 0.3) is 10.2 Å². The van der Waals surface area contributed by atoms with Crippen molar-refractivity contribution in [3.8, 4) is 18.1 Å². The summed E-state index contributed by atoms with van der Waals surface area (Å²) in [5.41, 5.74) is 2.27. The number of hydrogen-bond donors (Lipinski definition) is 0. The smallest absolute Gasteiger partial charge is 0.263 e. The van der Waals surface area contributed by atoms with E-state index in [4.69, 9.17) is 20.4 Å². The van der Waals surface area contributed by atoms with Crippen LogP contribution in [0.5, 0.6) is 5.75 Å². The zero-order valence-corrected chi connectivity index (χ0v) is 16.2. The van der Waals surface area contributed by atoms with Crippen LogP contribution >= 0.6 is 11.3 Å². The lowest BCUT2D eigenvalue weighted by Crippen LogP contribution is -2.12. The molecule has 144 valence electrons. The van der Waals surface area contributed by atoms with Crippen molar-refractivity contribution in [2.45, 2.75) is 13.0 Å². The predicted molar refractivity (Wildman–Crippen MR) is 108 cm³/mol. The molecule has 3 heterocycles. The number of thiazole rings is 1. The molecule has 0 amide bonds. The Hall–Kier alpha value is -3.77.